The summed E-state index contributed by atoms with van der Waals surface area (Å²) in [6.07, 6.45) is 0.694. The van der Waals surface area contributed by atoms with Gasteiger partial charge in [-0.3, -0.25) is 4.99 Å². The van der Waals surface area contributed by atoms with Crippen LogP contribution in [-0.2, 0) is 16.6 Å². The van der Waals surface area contributed by atoms with Crippen molar-refractivity contribution in [1.29, 1.82) is 0 Å². The molecule has 1 fully saturated rings. The Labute approximate surface area is 136 Å². The molecule has 8 heteroatoms. The lowest BCUT2D eigenvalue weighted by Gasteiger charge is -2.16. The summed E-state index contributed by atoms with van der Waals surface area (Å²) in [7, 11) is -1.41. The van der Waals surface area contributed by atoms with Gasteiger partial charge in [0.15, 0.2) is 5.96 Å². The van der Waals surface area contributed by atoms with Crippen LogP contribution in [0.4, 0.5) is 4.39 Å². The van der Waals surface area contributed by atoms with E-state index in [1.54, 1.807) is 26.1 Å². The molecule has 0 unspecified atom stereocenters. The van der Waals surface area contributed by atoms with Crippen LogP contribution in [0.5, 0.6) is 0 Å². The number of halogens is 1. The summed E-state index contributed by atoms with van der Waals surface area (Å²) in [6.45, 7) is 3.75. The van der Waals surface area contributed by atoms with Gasteiger partial charge in [0.05, 0.1) is 5.75 Å². The van der Waals surface area contributed by atoms with Crippen LogP contribution in [0, 0.1) is 12.7 Å². The van der Waals surface area contributed by atoms with Gasteiger partial charge in [0, 0.05) is 33.2 Å². The van der Waals surface area contributed by atoms with Crippen molar-refractivity contribution >= 4 is 16.0 Å². The molecule has 2 rings (SSSR count). The number of guanidine groups is 1. The van der Waals surface area contributed by atoms with E-state index in [0.29, 0.717) is 44.1 Å². The molecule has 1 heterocycles. The monoisotopic (exact) mass is 342 g/mol. The maximum absolute atomic E-state index is 13.2. The molecule has 0 bridgehead atoms. The fourth-order valence-electron chi connectivity index (χ4n) is 2.46. The molecule has 0 radical (unpaired) electrons. The van der Waals surface area contributed by atoms with E-state index in [1.807, 2.05) is 0 Å². The number of sulfonamides is 1. The normalized spacial score (nSPS) is 18.1. The minimum absolute atomic E-state index is 0.219. The van der Waals surface area contributed by atoms with Crippen LogP contribution in [0.15, 0.2) is 23.2 Å². The number of nitrogens with one attached hydrogen (secondary N) is 2. The van der Waals surface area contributed by atoms with Crippen LogP contribution in [0.1, 0.15) is 17.5 Å². The van der Waals surface area contributed by atoms with Crippen molar-refractivity contribution in [2.24, 2.45) is 4.99 Å². The van der Waals surface area contributed by atoms with Crippen molar-refractivity contribution < 1.29 is 12.8 Å². The summed E-state index contributed by atoms with van der Waals surface area (Å²) >= 11 is 0. The van der Waals surface area contributed by atoms with E-state index in [0.717, 1.165) is 5.56 Å². The molecule has 23 heavy (non-hydrogen) atoms. The summed E-state index contributed by atoms with van der Waals surface area (Å²) in [4.78, 5) is 4.10. The molecule has 1 aliphatic heterocycles. The molecule has 2 N–H and O–H groups in total. The van der Waals surface area contributed by atoms with E-state index in [4.69, 9.17) is 0 Å². The zero-order chi connectivity index (χ0) is 16.9. The molecule has 0 aromatic heterocycles. The average Bonchev–Trinajstić information content (AvgIpc) is 2.85. The molecule has 6 nitrogen and oxygen atoms in total. The van der Waals surface area contributed by atoms with Crippen molar-refractivity contribution in [2.75, 3.05) is 32.4 Å². The van der Waals surface area contributed by atoms with E-state index >= 15 is 0 Å². The first kappa shape index (κ1) is 17.7. The molecule has 1 aliphatic rings. The van der Waals surface area contributed by atoms with Gasteiger partial charge in [-0.15, -0.1) is 0 Å². The average molecular weight is 342 g/mol. The standard InChI is InChI=1S/C15H23FN4O2S/c1-12-10-13(4-5-14(12)16)11-19-15(17-2)18-6-8-20-7-3-9-23(20,21)22/h4-5,10H,3,6-9,11H2,1-2H3,(H2,17,18,19). The molecule has 1 aromatic carbocycles. The molecule has 0 aliphatic carbocycles. The molecule has 128 valence electrons. The van der Waals surface area contributed by atoms with E-state index in [2.05, 4.69) is 15.6 Å². The number of aryl methyl sites for hydroxylation is 1. The lowest BCUT2D eigenvalue weighted by atomic mass is 10.1. The second-order valence-electron chi connectivity index (χ2n) is 5.50. The van der Waals surface area contributed by atoms with Gasteiger partial charge in [0.1, 0.15) is 5.82 Å². The highest BCUT2D eigenvalue weighted by molar-refractivity contribution is 7.89. The minimum Gasteiger partial charge on any atom is -0.355 e. The molecule has 0 spiro atoms. The van der Waals surface area contributed by atoms with Crippen LogP contribution in [0.25, 0.3) is 0 Å². The third-order valence-electron chi connectivity index (χ3n) is 3.76. The number of nitrogens with zero attached hydrogens (tertiary/aromatic N) is 2. The zero-order valence-corrected chi connectivity index (χ0v) is 14.3. The summed E-state index contributed by atoms with van der Waals surface area (Å²) in [5, 5.41) is 6.22. The number of aliphatic imine (C=N–C) groups is 1. The Morgan fingerprint density at radius 2 is 2.17 bits per heavy atom. The highest BCUT2D eigenvalue weighted by atomic mass is 32.2. The van der Waals surface area contributed by atoms with Crippen molar-refractivity contribution in [3.8, 4) is 0 Å². The first-order valence-corrected chi connectivity index (χ1v) is 9.20. The van der Waals surface area contributed by atoms with E-state index in [1.165, 1.54) is 10.4 Å². The molecule has 0 amide bonds. The largest absolute Gasteiger partial charge is 0.355 e. The lowest BCUT2D eigenvalue weighted by molar-refractivity contribution is 0.445. The SMILES string of the molecule is CN=C(NCCN1CCCS1(=O)=O)NCc1ccc(F)c(C)c1. The predicted molar refractivity (Wildman–Crippen MR) is 89.3 cm³/mol. The maximum atomic E-state index is 13.2. The van der Waals surface area contributed by atoms with Crippen LogP contribution < -0.4 is 10.6 Å². The van der Waals surface area contributed by atoms with Gasteiger partial charge in [-0.2, -0.15) is 0 Å². The first-order chi connectivity index (χ1) is 10.9. The lowest BCUT2D eigenvalue weighted by Crippen LogP contribution is -2.41. The molecule has 1 aromatic rings. The molecular weight excluding hydrogens is 319 g/mol. The second-order valence-corrected chi connectivity index (χ2v) is 7.59. The Morgan fingerprint density at radius 1 is 1.39 bits per heavy atom. The molecule has 1 saturated heterocycles. The van der Waals surface area contributed by atoms with E-state index in [9.17, 15) is 12.8 Å². The smallest absolute Gasteiger partial charge is 0.214 e. The van der Waals surface area contributed by atoms with E-state index in [-0.39, 0.29) is 11.6 Å². The topological polar surface area (TPSA) is 73.8 Å². The zero-order valence-electron chi connectivity index (χ0n) is 13.5. The van der Waals surface area contributed by atoms with Gasteiger partial charge >= 0.3 is 0 Å². The number of benzene rings is 1. The number of hydrogen-bond acceptors (Lipinski definition) is 3. The molecule has 0 saturated carbocycles. The quantitative estimate of drug-likeness (QED) is 0.614. The summed E-state index contributed by atoms with van der Waals surface area (Å²) in [5.74, 6) is 0.607. The summed E-state index contributed by atoms with van der Waals surface area (Å²) in [6, 6.07) is 4.95. The van der Waals surface area contributed by atoms with Gasteiger partial charge < -0.3 is 10.6 Å². The summed E-state index contributed by atoms with van der Waals surface area (Å²) in [5.41, 5.74) is 1.56. The fraction of sp³-hybridized carbons (Fsp3) is 0.533. The van der Waals surface area contributed by atoms with Crippen LogP contribution >= 0.6 is 0 Å². The van der Waals surface area contributed by atoms with Gasteiger partial charge in [0.2, 0.25) is 10.0 Å². The van der Waals surface area contributed by atoms with Crippen molar-refractivity contribution in [1.82, 2.24) is 14.9 Å². The maximum Gasteiger partial charge on any atom is 0.214 e. The Bertz CT molecular complexity index is 676. The molecular formula is C15H23FN4O2S. The van der Waals surface area contributed by atoms with E-state index < -0.39 is 10.0 Å². The Morgan fingerprint density at radius 3 is 2.78 bits per heavy atom. The van der Waals surface area contributed by atoms with Crippen molar-refractivity contribution in [3.63, 3.8) is 0 Å². The highest BCUT2D eigenvalue weighted by Gasteiger charge is 2.27. The van der Waals surface area contributed by atoms with Gasteiger partial charge in [0.25, 0.3) is 0 Å². The molecule has 0 atom stereocenters. The number of rotatable bonds is 5. The van der Waals surface area contributed by atoms with Crippen molar-refractivity contribution in [2.45, 2.75) is 19.9 Å². The Hall–Kier alpha value is -1.67. The van der Waals surface area contributed by atoms with Crippen LogP contribution in [-0.4, -0.2) is 51.1 Å². The second kappa shape index (κ2) is 7.74. The third kappa shape index (κ3) is 4.90. The van der Waals surface area contributed by atoms with Gasteiger partial charge in [-0.05, 0) is 30.5 Å². The Kier molecular flexibility index (Phi) is 5.95. The highest BCUT2D eigenvalue weighted by Crippen LogP contribution is 2.12. The van der Waals surface area contributed by atoms with Crippen molar-refractivity contribution in [3.05, 3.63) is 35.1 Å². The first-order valence-electron chi connectivity index (χ1n) is 7.60. The fourth-order valence-corrected chi connectivity index (χ4v) is 3.99. The summed E-state index contributed by atoms with van der Waals surface area (Å²) < 4.78 is 38.1. The Balaban J connectivity index is 1.78. The minimum atomic E-state index is -3.06. The van der Waals surface area contributed by atoms with Gasteiger partial charge in [-0.25, -0.2) is 17.1 Å². The van der Waals surface area contributed by atoms with Crippen LogP contribution in [0.3, 0.4) is 0 Å². The number of hydrogen-bond donors (Lipinski definition) is 2. The van der Waals surface area contributed by atoms with Crippen LogP contribution in [0.2, 0.25) is 0 Å². The predicted octanol–water partition coefficient (Wildman–Crippen LogP) is 0.835. The third-order valence-corrected chi connectivity index (χ3v) is 5.72. The van der Waals surface area contributed by atoms with Gasteiger partial charge in [-0.1, -0.05) is 12.1 Å².